The van der Waals surface area contributed by atoms with Crippen LogP contribution in [0.5, 0.6) is 5.75 Å². The van der Waals surface area contributed by atoms with Gasteiger partial charge in [-0.25, -0.2) is 0 Å². The lowest BCUT2D eigenvalue weighted by atomic mass is 10.1. The molecule has 1 rings (SSSR count). The van der Waals surface area contributed by atoms with E-state index in [0.29, 0.717) is 13.0 Å². The van der Waals surface area contributed by atoms with E-state index in [9.17, 15) is 4.79 Å². The van der Waals surface area contributed by atoms with E-state index in [1.54, 1.807) is 0 Å². The fraction of sp³-hybridized carbons (Fsp3) is 0.364. The molecule has 0 radical (unpaired) electrons. The molecule has 1 atom stereocenters. The Morgan fingerprint density at radius 1 is 1.60 bits per heavy atom. The Kier molecular flexibility index (Phi) is 4.12. The highest BCUT2D eigenvalue weighted by Gasteiger charge is 2.12. The molecule has 0 unspecified atom stereocenters. The Morgan fingerprint density at radius 3 is 2.93 bits per heavy atom. The van der Waals surface area contributed by atoms with Crippen molar-refractivity contribution in [2.75, 3.05) is 6.61 Å². The van der Waals surface area contributed by atoms with E-state index in [1.807, 2.05) is 31.2 Å². The number of benzene rings is 1. The molecule has 82 valence electrons. The van der Waals surface area contributed by atoms with Crippen LogP contribution in [0.2, 0.25) is 0 Å². The van der Waals surface area contributed by atoms with Crippen molar-refractivity contribution in [3.05, 3.63) is 29.8 Å². The molecule has 0 aliphatic heterocycles. The number of hydrogen-bond donors (Lipinski definition) is 2. The SMILES string of the molecule is CCOc1cccc(C[C@H](N)C(=O)O)c1. The van der Waals surface area contributed by atoms with Crippen molar-refractivity contribution in [3.8, 4) is 5.75 Å². The molecule has 4 nitrogen and oxygen atoms in total. The van der Waals surface area contributed by atoms with Crippen molar-refractivity contribution in [1.82, 2.24) is 0 Å². The van der Waals surface area contributed by atoms with Gasteiger partial charge in [0.2, 0.25) is 0 Å². The van der Waals surface area contributed by atoms with Crippen LogP contribution in [-0.2, 0) is 11.2 Å². The summed E-state index contributed by atoms with van der Waals surface area (Å²) in [5, 5.41) is 8.66. The summed E-state index contributed by atoms with van der Waals surface area (Å²) < 4.78 is 5.30. The third-order valence-corrected chi connectivity index (χ3v) is 1.98. The second-order valence-electron chi connectivity index (χ2n) is 3.23. The fourth-order valence-electron chi connectivity index (χ4n) is 1.27. The Labute approximate surface area is 88.7 Å². The number of rotatable bonds is 5. The number of aliphatic carboxylic acids is 1. The van der Waals surface area contributed by atoms with Crippen LogP contribution in [0.3, 0.4) is 0 Å². The molecule has 0 fully saturated rings. The Bertz CT molecular complexity index is 338. The van der Waals surface area contributed by atoms with Gasteiger partial charge in [-0.05, 0) is 31.0 Å². The first kappa shape index (κ1) is 11.5. The number of hydrogen-bond acceptors (Lipinski definition) is 3. The van der Waals surface area contributed by atoms with Crippen LogP contribution in [0.25, 0.3) is 0 Å². The maximum absolute atomic E-state index is 10.6. The molecule has 15 heavy (non-hydrogen) atoms. The lowest BCUT2D eigenvalue weighted by molar-refractivity contribution is -0.138. The number of nitrogens with two attached hydrogens (primary N) is 1. The number of carbonyl (C=O) groups is 1. The third kappa shape index (κ3) is 3.59. The van der Waals surface area contributed by atoms with Crippen LogP contribution in [0.1, 0.15) is 12.5 Å². The number of ether oxygens (including phenoxy) is 1. The molecule has 1 aromatic rings. The van der Waals surface area contributed by atoms with E-state index in [4.69, 9.17) is 15.6 Å². The predicted octanol–water partition coefficient (Wildman–Crippen LogP) is 1.04. The fourth-order valence-corrected chi connectivity index (χ4v) is 1.27. The van der Waals surface area contributed by atoms with Crippen LogP contribution in [0, 0.1) is 0 Å². The van der Waals surface area contributed by atoms with Crippen LogP contribution >= 0.6 is 0 Å². The average Bonchev–Trinajstić information content (AvgIpc) is 2.18. The first-order valence-corrected chi connectivity index (χ1v) is 4.83. The Balaban J connectivity index is 2.68. The first-order chi connectivity index (χ1) is 7.13. The standard InChI is InChI=1S/C11H15NO3/c1-2-15-9-5-3-4-8(6-9)7-10(12)11(13)14/h3-6,10H,2,7,12H2,1H3,(H,13,14)/t10-/m0/s1. The minimum absolute atomic E-state index is 0.316. The van der Waals surface area contributed by atoms with E-state index >= 15 is 0 Å². The highest BCUT2D eigenvalue weighted by Crippen LogP contribution is 2.14. The zero-order valence-electron chi connectivity index (χ0n) is 8.64. The molecule has 1 aromatic carbocycles. The van der Waals surface area contributed by atoms with E-state index in [-0.39, 0.29) is 0 Å². The molecule has 3 N–H and O–H groups in total. The largest absolute Gasteiger partial charge is 0.494 e. The molecule has 0 aromatic heterocycles. The van der Waals surface area contributed by atoms with Gasteiger partial charge in [0, 0.05) is 0 Å². The third-order valence-electron chi connectivity index (χ3n) is 1.98. The highest BCUT2D eigenvalue weighted by atomic mass is 16.5. The van der Waals surface area contributed by atoms with Crippen molar-refractivity contribution in [2.24, 2.45) is 5.73 Å². The van der Waals surface area contributed by atoms with Gasteiger partial charge in [0.05, 0.1) is 6.61 Å². The summed E-state index contributed by atoms with van der Waals surface area (Å²) in [6, 6.07) is 6.45. The summed E-state index contributed by atoms with van der Waals surface area (Å²) >= 11 is 0. The predicted molar refractivity (Wildman–Crippen MR) is 56.9 cm³/mol. The normalized spacial score (nSPS) is 12.1. The summed E-state index contributed by atoms with van der Waals surface area (Å²) in [7, 11) is 0. The van der Waals surface area contributed by atoms with Crippen molar-refractivity contribution < 1.29 is 14.6 Å². The first-order valence-electron chi connectivity index (χ1n) is 4.83. The van der Waals surface area contributed by atoms with Crippen molar-refractivity contribution in [2.45, 2.75) is 19.4 Å². The van der Waals surface area contributed by atoms with Gasteiger partial charge in [-0.15, -0.1) is 0 Å². The van der Waals surface area contributed by atoms with Gasteiger partial charge in [-0.1, -0.05) is 12.1 Å². The van der Waals surface area contributed by atoms with Crippen molar-refractivity contribution in [3.63, 3.8) is 0 Å². The minimum atomic E-state index is -0.989. The molecule has 0 aliphatic rings. The molecule has 0 spiro atoms. The van der Waals surface area contributed by atoms with Crippen LogP contribution in [0.4, 0.5) is 0 Å². The maximum atomic E-state index is 10.6. The van der Waals surface area contributed by atoms with Gasteiger partial charge in [-0.3, -0.25) is 4.79 Å². The van der Waals surface area contributed by atoms with Gasteiger partial charge in [0.1, 0.15) is 11.8 Å². The molecule has 0 saturated carbocycles. The lowest BCUT2D eigenvalue weighted by Gasteiger charge is -2.08. The number of carboxylic acids is 1. The quantitative estimate of drug-likeness (QED) is 0.760. The van der Waals surface area contributed by atoms with E-state index in [0.717, 1.165) is 11.3 Å². The Morgan fingerprint density at radius 2 is 2.33 bits per heavy atom. The topological polar surface area (TPSA) is 72.5 Å². The van der Waals surface area contributed by atoms with Gasteiger partial charge in [-0.2, -0.15) is 0 Å². The minimum Gasteiger partial charge on any atom is -0.494 e. The zero-order valence-corrected chi connectivity index (χ0v) is 8.64. The van der Waals surface area contributed by atoms with Gasteiger partial charge in [0.15, 0.2) is 0 Å². The summed E-state index contributed by atoms with van der Waals surface area (Å²) in [4.78, 5) is 10.6. The van der Waals surface area contributed by atoms with Crippen molar-refractivity contribution in [1.29, 1.82) is 0 Å². The van der Waals surface area contributed by atoms with Crippen molar-refractivity contribution >= 4 is 5.97 Å². The van der Waals surface area contributed by atoms with Gasteiger partial charge < -0.3 is 15.6 Å². The zero-order chi connectivity index (χ0) is 11.3. The molecule has 0 amide bonds. The molecule has 4 heteroatoms. The van der Waals surface area contributed by atoms with Crippen LogP contribution in [-0.4, -0.2) is 23.7 Å². The van der Waals surface area contributed by atoms with Crippen LogP contribution < -0.4 is 10.5 Å². The molecule has 0 bridgehead atoms. The maximum Gasteiger partial charge on any atom is 0.320 e. The molecule has 0 heterocycles. The van der Waals surface area contributed by atoms with Gasteiger partial charge in [0.25, 0.3) is 0 Å². The second-order valence-corrected chi connectivity index (χ2v) is 3.23. The lowest BCUT2D eigenvalue weighted by Crippen LogP contribution is -2.32. The smallest absolute Gasteiger partial charge is 0.320 e. The van der Waals surface area contributed by atoms with Gasteiger partial charge >= 0.3 is 5.97 Å². The number of carboxylic acid groups (broad SMARTS) is 1. The molecule has 0 saturated heterocycles. The molecule has 0 aliphatic carbocycles. The Hall–Kier alpha value is -1.55. The monoisotopic (exact) mass is 209 g/mol. The summed E-state index contributed by atoms with van der Waals surface area (Å²) in [6.07, 6.45) is 0.316. The summed E-state index contributed by atoms with van der Waals surface area (Å²) in [5.41, 5.74) is 6.30. The van der Waals surface area contributed by atoms with E-state index in [2.05, 4.69) is 0 Å². The highest BCUT2D eigenvalue weighted by molar-refractivity contribution is 5.73. The van der Waals surface area contributed by atoms with Crippen LogP contribution in [0.15, 0.2) is 24.3 Å². The average molecular weight is 209 g/mol. The van der Waals surface area contributed by atoms with E-state index < -0.39 is 12.0 Å². The summed E-state index contributed by atoms with van der Waals surface area (Å²) in [5.74, 6) is -0.246. The molecular weight excluding hydrogens is 194 g/mol. The summed E-state index contributed by atoms with van der Waals surface area (Å²) in [6.45, 7) is 2.49. The van der Waals surface area contributed by atoms with E-state index in [1.165, 1.54) is 0 Å². The second kappa shape index (κ2) is 5.36. The molecular formula is C11H15NO3.